The first-order valence-electron chi connectivity index (χ1n) is 10.8. The Labute approximate surface area is 157 Å². The van der Waals surface area contributed by atoms with E-state index >= 15 is 0 Å². The van der Waals surface area contributed by atoms with Gasteiger partial charge in [-0.3, -0.25) is 9.80 Å². The van der Waals surface area contributed by atoms with Crippen molar-refractivity contribution in [3.63, 3.8) is 0 Å². The van der Waals surface area contributed by atoms with Crippen molar-refractivity contribution in [3.05, 3.63) is 22.3 Å². The van der Waals surface area contributed by atoms with E-state index in [1.807, 2.05) is 0 Å². The molecule has 0 bridgehead atoms. The van der Waals surface area contributed by atoms with Gasteiger partial charge in [0.25, 0.3) is 0 Å². The summed E-state index contributed by atoms with van der Waals surface area (Å²) in [5.74, 6) is 0.339. The zero-order valence-corrected chi connectivity index (χ0v) is 16.1. The van der Waals surface area contributed by atoms with E-state index in [2.05, 4.69) is 9.80 Å². The van der Waals surface area contributed by atoms with Gasteiger partial charge in [0.15, 0.2) is 11.5 Å². The van der Waals surface area contributed by atoms with Gasteiger partial charge in [-0.25, -0.2) is 0 Å². The van der Waals surface area contributed by atoms with Crippen LogP contribution in [-0.2, 0) is 25.9 Å². The Kier molecular flexibility index (Phi) is 5.70. The fraction of sp³-hybridized carbons (Fsp3) is 0.727. The first-order chi connectivity index (χ1) is 12.7. The number of nitrogens with zero attached hydrogens (tertiary/aromatic N) is 2. The van der Waals surface area contributed by atoms with Crippen LogP contribution in [0.15, 0.2) is 0 Å². The van der Waals surface area contributed by atoms with Gasteiger partial charge in [0.2, 0.25) is 0 Å². The minimum Gasteiger partial charge on any atom is -0.504 e. The topological polar surface area (TPSA) is 46.9 Å². The number of fused-ring (bicyclic) bond motifs is 1. The van der Waals surface area contributed by atoms with Gasteiger partial charge >= 0.3 is 0 Å². The van der Waals surface area contributed by atoms with Crippen LogP contribution < -0.4 is 0 Å². The van der Waals surface area contributed by atoms with Gasteiger partial charge < -0.3 is 10.2 Å². The molecule has 3 aliphatic rings. The van der Waals surface area contributed by atoms with E-state index in [0.717, 1.165) is 63.2 Å². The highest BCUT2D eigenvalue weighted by Crippen LogP contribution is 2.43. The summed E-state index contributed by atoms with van der Waals surface area (Å²) in [6.45, 7) is 6.06. The van der Waals surface area contributed by atoms with Crippen molar-refractivity contribution < 1.29 is 10.2 Å². The standard InChI is InChI=1S/C22H34N2O2/c25-21-19(15-23-11-5-1-6-12-23)17-9-3-4-10-18(17)20(22(21)26)16-24-13-7-2-8-14-24/h25-26H,1-16H2. The van der Waals surface area contributed by atoms with Gasteiger partial charge in [0, 0.05) is 24.2 Å². The van der Waals surface area contributed by atoms with E-state index in [1.54, 1.807) is 0 Å². The van der Waals surface area contributed by atoms with E-state index in [1.165, 1.54) is 62.5 Å². The smallest absolute Gasteiger partial charge is 0.162 e. The van der Waals surface area contributed by atoms with E-state index in [9.17, 15) is 10.2 Å². The van der Waals surface area contributed by atoms with Gasteiger partial charge in [-0.2, -0.15) is 0 Å². The predicted octanol–water partition coefficient (Wildman–Crippen LogP) is 3.95. The van der Waals surface area contributed by atoms with E-state index in [-0.39, 0.29) is 11.5 Å². The Balaban J connectivity index is 1.65. The van der Waals surface area contributed by atoms with Crippen LogP contribution in [0.25, 0.3) is 0 Å². The molecule has 0 amide bonds. The summed E-state index contributed by atoms with van der Waals surface area (Å²) in [5.41, 5.74) is 4.73. The molecule has 2 N–H and O–H groups in total. The summed E-state index contributed by atoms with van der Waals surface area (Å²) in [7, 11) is 0. The van der Waals surface area contributed by atoms with Crippen LogP contribution >= 0.6 is 0 Å². The molecular weight excluding hydrogens is 324 g/mol. The van der Waals surface area contributed by atoms with Crippen LogP contribution in [0.1, 0.15) is 73.6 Å². The zero-order chi connectivity index (χ0) is 17.9. The maximum atomic E-state index is 10.9. The molecule has 1 aromatic rings. The Hall–Kier alpha value is -1.26. The maximum Gasteiger partial charge on any atom is 0.162 e. The lowest BCUT2D eigenvalue weighted by Gasteiger charge is -2.32. The lowest BCUT2D eigenvalue weighted by Crippen LogP contribution is -2.31. The lowest BCUT2D eigenvalue weighted by atomic mass is 9.83. The summed E-state index contributed by atoms with van der Waals surface area (Å²) in [5, 5.41) is 21.8. The molecular formula is C22H34N2O2. The Morgan fingerprint density at radius 3 is 1.31 bits per heavy atom. The number of rotatable bonds is 4. The van der Waals surface area contributed by atoms with Crippen LogP contribution in [-0.4, -0.2) is 46.2 Å². The van der Waals surface area contributed by atoms with Crippen LogP contribution in [0, 0.1) is 0 Å². The fourth-order valence-electron chi connectivity index (χ4n) is 5.17. The number of piperidine rings is 2. The predicted molar refractivity (Wildman–Crippen MR) is 105 cm³/mol. The van der Waals surface area contributed by atoms with E-state index in [4.69, 9.17) is 0 Å². The molecule has 4 heteroatoms. The molecule has 2 aliphatic heterocycles. The maximum absolute atomic E-state index is 10.9. The van der Waals surface area contributed by atoms with Gasteiger partial charge in [-0.15, -0.1) is 0 Å². The molecule has 1 aliphatic carbocycles. The third-order valence-electron chi connectivity index (χ3n) is 6.65. The molecule has 0 saturated carbocycles. The van der Waals surface area contributed by atoms with Gasteiger partial charge in [0.1, 0.15) is 0 Å². The Morgan fingerprint density at radius 2 is 0.923 bits per heavy atom. The van der Waals surface area contributed by atoms with Crippen molar-refractivity contribution >= 4 is 0 Å². The summed E-state index contributed by atoms with van der Waals surface area (Å²) in [4.78, 5) is 4.91. The van der Waals surface area contributed by atoms with Crippen molar-refractivity contribution in [2.24, 2.45) is 0 Å². The monoisotopic (exact) mass is 358 g/mol. The highest BCUT2D eigenvalue weighted by Gasteiger charge is 2.27. The van der Waals surface area contributed by atoms with Crippen molar-refractivity contribution in [1.82, 2.24) is 9.80 Å². The van der Waals surface area contributed by atoms with Crippen molar-refractivity contribution in [3.8, 4) is 11.5 Å². The van der Waals surface area contributed by atoms with Crippen LogP contribution in [0.5, 0.6) is 11.5 Å². The highest BCUT2D eigenvalue weighted by atomic mass is 16.3. The number of aromatic hydroxyl groups is 2. The Morgan fingerprint density at radius 1 is 0.538 bits per heavy atom. The fourth-order valence-corrected chi connectivity index (χ4v) is 5.17. The van der Waals surface area contributed by atoms with Crippen molar-refractivity contribution in [2.45, 2.75) is 77.3 Å². The molecule has 2 saturated heterocycles. The molecule has 0 spiro atoms. The number of phenols is 2. The second-order valence-electron chi connectivity index (χ2n) is 8.49. The lowest BCUT2D eigenvalue weighted by molar-refractivity contribution is 0.212. The zero-order valence-electron chi connectivity index (χ0n) is 16.1. The van der Waals surface area contributed by atoms with Gasteiger partial charge in [0.05, 0.1) is 0 Å². The van der Waals surface area contributed by atoms with Crippen LogP contribution in [0.2, 0.25) is 0 Å². The third kappa shape index (κ3) is 3.72. The minimum absolute atomic E-state index is 0.170. The molecule has 0 radical (unpaired) electrons. The second-order valence-corrected chi connectivity index (χ2v) is 8.49. The third-order valence-corrected chi connectivity index (χ3v) is 6.65. The molecule has 1 aromatic carbocycles. The summed E-state index contributed by atoms with van der Waals surface area (Å²) in [6.07, 6.45) is 12.2. The average molecular weight is 359 g/mol. The van der Waals surface area contributed by atoms with Crippen molar-refractivity contribution in [1.29, 1.82) is 0 Å². The Bertz CT molecular complexity index is 577. The molecule has 0 unspecified atom stereocenters. The second kappa shape index (κ2) is 8.18. The average Bonchev–Trinajstić information content (AvgIpc) is 2.70. The number of likely N-dealkylation sites (tertiary alicyclic amines) is 2. The number of phenolic OH excluding ortho intramolecular Hbond substituents is 2. The number of benzene rings is 1. The van der Waals surface area contributed by atoms with E-state index < -0.39 is 0 Å². The molecule has 26 heavy (non-hydrogen) atoms. The van der Waals surface area contributed by atoms with Crippen LogP contribution in [0.4, 0.5) is 0 Å². The summed E-state index contributed by atoms with van der Waals surface area (Å²) >= 11 is 0. The SMILES string of the molecule is Oc1c(O)c(CN2CCCCC2)c2c(c1CN1CCCCC1)CCCC2. The molecule has 4 rings (SSSR count). The normalized spacial score (nSPS) is 22.3. The van der Waals surface area contributed by atoms with E-state index in [0.29, 0.717) is 0 Å². The first-order valence-corrected chi connectivity index (χ1v) is 10.8. The quantitative estimate of drug-likeness (QED) is 0.800. The van der Waals surface area contributed by atoms with Gasteiger partial charge in [-0.05, 0) is 88.7 Å². The number of hydrogen-bond donors (Lipinski definition) is 2. The molecule has 4 nitrogen and oxygen atoms in total. The first kappa shape index (κ1) is 18.1. The number of hydrogen-bond acceptors (Lipinski definition) is 4. The van der Waals surface area contributed by atoms with Crippen molar-refractivity contribution in [2.75, 3.05) is 26.2 Å². The summed E-state index contributed by atoms with van der Waals surface area (Å²) in [6, 6.07) is 0. The van der Waals surface area contributed by atoms with Gasteiger partial charge in [-0.1, -0.05) is 12.8 Å². The summed E-state index contributed by atoms with van der Waals surface area (Å²) < 4.78 is 0. The largest absolute Gasteiger partial charge is 0.504 e. The molecule has 0 atom stereocenters. The molecule has 2 heterocycles. The van der Waals surface area contributed by atoms with Crippen LogP contribution in [0.3, 0.4) is 0 Å². The molecule has 144 valence electrons. The highest BCUT2D eigenvalue weighted by molar-refractivity contribution is 5.59. The molecule has 2 fully saturated rings. The minimum atomic E-state index is 0.170. The molecule has 0 aromatic heterocycles.